The first kappa shape index (κ1) is 15.1. The SMILES string of the molecule is C=CCSc1ccccc1NC(=O)c1cc(N)ccc1F. The molecule has 0 saturated carbocycles. The van der Waals surface area contributed by atoms with Crippen molar-refractivity contribution in [1.29, 1.82) is 0 Å². The highest BCUT2D eigenvalue weighted by atomic mass is 32.2. The van der Waals surface area contributed by atoms with Gasteiger partial charge in [0.15, 0.2) is 0 Å². The van der Waals surface area contributed by atoms with E-state index in [4.69, 9.17) is 5.73 Å². The van der Waals surface area contributed by atoms with Gasteiger partial charge in [-0.15, -0.1) is 18.3 Å². The van der Waals surface area contributed by atoms with E-state index in [1.165, 1.54) is 18.2 Å². The van der Waals surface area contributed by atoms with Gasteiger partial charge in [-0.1, -0.05) is 18.2 Å². The van der Waals surface area contributed by atoms with E-state index in [-0.39, 0.29) is 5.56 Å². The summed E-state index contributed by atoms with van der Waals surface area (Å²) in [5.41, 5.74) is 6.50. The lowest BCUT2D eigenvalue weighted by atomic mass is 10.1. The van der Waals surface area contributed by atoms with E-state index >= 15 is 0 Å². The fourth-order valence-electron chi connectivity index (χ4n) is 1.75. The molecule has 3 nitrogen and oxygen atoms in total. The third-order valence-electron chi connectivity index (χ3n) is 2.73. The van der Waals surface area contributed by atoms with Gasteiger partial charge in [-0.3, -0.25) is 4.79 Å². The maximum absolute atomic E-state index is 13.7. The lowest BCUT2D eigenvalue weighted by molar-refractivity contribution is 0.102. The molecule has 0 aromatic heterocycles. The number of hydrogen-bond acceptors (Lipinski definition) is 3. The van der Waals surface area contributed by atoms with Crippen molar-refractivity contribution in [3.8, 4) is 0 Å². The summed E-state index contributed by atoms with van der Waals surface area (Å²) in [7, 11) is 0. The van der Waals surface area contributed by atoms with Gasteiger partial charge >= 0.3 is 0 Å². The fraction of sp³-hybridized carbons (Fsp3) is 0.0625. The van der Waals surface area contributed by atoms with Crippen LogP contribution in [0, 0.1) is 5.82 Å². The van der Waals surface area contributed by atoms with Crippen LogP contribution in [0.4, 0.5) is 15.8 Å². The third-order valence-corrected chi connectivity index (χ3v) is 3.80. The van der Waals surface area contributed by atoms with E-state index in [1.807, 2.05) is 18.2 Å². The van der Waals surface area contributed by atoms with Crippen LogP contribution in [0.15, 0.2) is 60.0 Å². The molecule has 21 heavy (non-hydrogen) atoms. The topological polar surface area (TPSA) is 55.1 Å². The minimum Gasteiger partial charge on any atom is -0.399 e. The van der Waals surface area contributed by atoms with Gasteiger partial charge in [0.25, 0.3) is 5.91 Å². The summed E-state index contributed by atoms with van der Waals surface area (Å²) < 4.78 is 13.7. The molecule has 2 rings (SSSR count). The average molecular weight is 302 g/mol. The van der Waals surface area contributed by atoms with Crippen LogP contribution in [0.25, 0.3) is 0 Å². The van der Waals surface area contributed by atoms with Crippen molar-refractivity contribution in [3.63, 3.8) is 0 Å². The number of halogens is 1. The number of thioether (sulfide) groups is 1. The molecular weight excluding hydrogens is 287 g/mol. The number of benzene rings is 2. The summed E-state index contributed by atoms with van der Waals surface area (Å²) in [6, 6.07) is 11.3. The molecule has 0 radical (unpaired) electrons. The number of rotatable bonds is 5. The number of carbonyl (C=O) groups is 1. The van der Waals surface area contributed by atoms with Gasteiger partial charge in [-0.25, -0.2) is 4.39 Å². The Hall–Kier alpha value is -2.27. The number of para-hydroxylation sites is 1. The molecule has 2 aromatic rings. The molecule has 0 fully saturated rings. The maximum atomic E-state index is 13.7. The zero-order valence-electron chi connectivity index (χ0n) is 11.3. The maximum Gasteiger partial charge on any atom is 0.258 e. The lowest BCUT2D eigenvalue weighted by Gasteiger charge is -2.11. The van der Waals surface area contributed by atoms with Crippen molar-refractivity contribution in [3.05, 3.63) is 66.5 Å². The molecule has 0 bridgehead atoms. The molecule has 2 aromatic carbocycles. The van der Waals surface area contributed by atoms with Gasteiger partial charge in [-0.05, 0) is 30.3 Å². The molecule has 108 valence electrons. The van der Waals surface area contributed by atoms with E-state index in [2.05, 4.69) is 11.9 Å². The van der Waals surface area contributed by atoms with E-state index in [1.54, 1.807) is 23.9 Å². The summed E-state index contributed by atoms with van der Waals surface area (Å²) in [4.78, 5) is 13.1. The summed E-state index contributed by atoms with van der Waals surface area (Å²) in [6.45, 7) is 3.66. The van der Waals surface area contributed by atoms with E-state index in [0.29, 0.717) is 11.4 Å². The molecule has 5 heteroatoms. The highest BCUT2D eigenvalue weighted by Gasteiger charge is 2.13. The Labute approximate surface area is 127 Å². The first-order valence-corrected chi connectivity index (χ1v) is 7.29. The van der Waals surface area contributed by atoms with Crippen LogP contribution in [0.1, 0.15) is 10.4 Å². The molecule has 0 aliphatic heterocycles. The zero-order valence-corrected chi connectivity index (χ0v) is 12.1. The smallest absolute Gasteiger partial charge is 0.258 e. The molecule has 3 N–H and O–H groups in total. The van der Waals surface area contributed by atoms with Crippen molar-refractivity contribution in [2.24, 2.45) is 0 Å². The van der Waals surface area contributed by atoms with E-state index < -0.39 is 11.7 Å². The number of nitrogens with one attached hydrogen (secondary N) is 1. The molecule has 0 heterocycles. The standard InChI is InChI=1S/C16H15FN2OS/c1-2-9-21-15-6-4-3-5-14(15)19-16(20)12-10-11(18)7-8-13(12)17/h2-8,10H,1,9,18H2,(H,19,20). The van der Waals surface area contributed by atoms with Gasteiger partial charge in [0, 0.05) is 16.3 Å². The first-order valence-electron chi connectivity index (χ1n) is 6.31. The number of carbonyl (C=O) groups excluding carboxylic acids is 1. The van der Waals surface area contributed by atoms with Crippen LogP contribution in [-0.4, -0.2) is 11.7 Å². The first-order chi connectivity index (χ1) is 10.1. The molecule has 0 spiro atoms. The van der Waals surface area contributed by atoms with Crippen LogP contribution < -0.4 is 11.1 Å². The van der Waals surface area contributed by atoms with E-state index in [9.17, 15) is 9.18 Å². The highest BCUT2D eigenvalue weighted by Crippen LogP contribution is 2.27. The third kappa shape index (κ3) is 3.86. The second-order valence-corrected chi connectivity index (χ2v) is 5.35. The van der Waals surface area contributed by atoms with Gasteiger partial charge in [0.05, 0.1) is 11.3 Å². The molecule has 1 amide bonds. The predicted octanol–water partition coefficient (Wildman–Crippen LogP) is 3.94. The summed E-state index contributed by atoms with van der Waals surface area (Å²) in [5, 5.41) is 2.71. The van der Waals surface area contributed by atoms with E-state index in [0.717, 1.165) is 10.6 Å². The summed E-state index contributed by atoms with van der Waals surface area (Å²) >= 11 is 1.54. The Morgan fingerprint density at radius 3 is 2.86 bits per heavy atom. The lowest BCUT2D eigenvalue weighted by Crippen LogP contribution is -2.14. The van der Waals surface area contributed by atoms with Gasteiger partial charge < -0.3 is 11.1 Å². The predicted molar refractivity (Wildman–Crippen MR) is 86.1 cm³/mol. The molecule has 0 saturated heterocycles. The van der Waals surface area contributed by atoms with Gasteiger partial charge in [-0.2, -0.15) is 0 Å². The van der Waals surface area contributed by atoms with Crippen molar-refractivity contribution >= 4 is 29.0 Å². The van der Waals surface area contributed by atoms with Crippen molar-refractivity contribution in [2.75, 3.05) is 16.8 Å². The molecule has 0 atom stereocenters. The Kier molecular flexibility index (Phi) is 5.00. The minimum absolute atomic E-state index is 0.0708. The summed E-state index contributed by atoms with van der Waals surface area (Å²) in [6.07, 6.45) is 1.78. The Bertz CT molecular complexity index is 673. The monoisotopic (exact) mass is 302 g/mol. The molecule has 0 unspecified atom stereocenters. The largest absolute Gasteiger partial charge is 0.399 e. The Morgan fingerprint density at radius 2 is 2.10 bits per heavy atom. The Morgan fingerprint density at radius 1 is 1.33 bits per heavy atom. The number of nitrogen functional groups attached to an aromatic ring is 1. The number of nitrogens with two attached hydrogens (primary N) is 1. The Balaban J connectivity index is 2.23. The quantitative estimate of drug-likeness (QED) is 0.500. The second-order valence-electron chi connectivity index (χ2n) is 4.29. The number of anilines is 2. The average Bonchev–Trinajstić information content (AvgIpc) is 2.48. The van der Waals surface area contributed by atoms with Crippen LogP contribution in [0.3, 0.4) is 0 Å². The van der Waals surface area contributed by atoms with Gasteiger partial charge in [0.1, 0.15) is 5.82 Å². The minimum atomic E-state index is -0.599. The van der Waals surface area contributed by atoms with Crippen LogP contribution in [0.2, 0.25) is 0 Å². The van der Waals surface area contributed by atoms with Gasteiger partial charge in [0.2, 0.25) is 0 Å². The second kappa shape index (κ2) is 6.95. The van der Waals surface area contributed by atoms with Crippen LogP contribution in [0.5, 0.6) is 0 Å². The van der Waals surface area contributed by atoms with Crippen LogP contribution >= 0.6 is 11.8 Å². The van der Waals surface area contributed by atoms with Crippen molar-refractivity contribution in [2.45, 2.75) is 4.90 Å². The van der Waals surface area contributed by atoms with Crippen molar-refractivity contribution in [1.82, 2.24) is 0 Å². The molecule has 0 aliphatic carbocycles. The zero-order chi connectivity index (χ0) is 15.2. The highest BCUT2D eigenvalue weighted by molar-refractivity contribution is 7.99. The molecule has 0 aliphatic rings. The fourth-order valence-corrected chi connectivity index (χ4v) is 2.50. The number of hydrogen-bond donors (Lipinski definition) is 2. The molecular formula is C16H15FN2OS. The number of amides is 1. The van der Waals surface area contributed by atoms with Crippen molar-refractivity contribution < 1.29 is 9.18 Å². The summed E-state index contributed by atoms with van der Waals surface area (Å²) in [5.74, 6) is -0.399. The van der Waals surface area contributed by atoms with Crippen LogP contribution in [-0.2, 0) is 0 Å². The normalized spacial score (nSPS) is 10.1.